The first-order valence-electron chi connectivity index (χ1n) is 7.51. The van der Waals surface area contributed by atoms with Crippen LogP contribution < -0.4 is 0 Å². The van der Waals surface area contributed by atoms with Crippen molar-refractivity contribution in [2.24, 2.45) is 0 Å². The van der Waals surface area contributed by atoms with Gasteiger partial charge >= 0.3 is 0 Å². The molecule has 0 N–H and O–H groups in total. The Hall–Kier alpha value is -3.40. The molecule has 0 aliphatic rings. The Morgan fingerprint density at radius 3 is 2.17 bits per heavy atom. The second kappa shape index (κ2) is 5.66. The first kappa shape index (κ1) is 14.2. The number of carbonyl (C=O) groups excluding carboxylic acids is 2. The highest BCUT2D eigenvalue weighted by Crippen LogP contribution is 2.28. The number of benzene rings is 2. The van der Waals surface area contributed by atoms with Gasteiger partial charge in [-0.15, -0.1) is 0 Å². The Morgan fingerprint density at radius 1 is 0.667 bits per heavy atom. The first-order chi connectivity index (χ1) is 11.8. The summed E-state index contributed by atoms with van der Waals surface area (Å²) in [5.74, 6) is 0. The van der Waals surface area contributed by atoms with E-state index in [0.717, 1.165) is 10.9 Å². The molecule has 2 heterocycles. The number of aromatic nitrogens is 2. The Labute approximate surface area is 137 Å². The third-order valence-electron chi connectivity index (χ3n) is 4.05. The highest BCUT2D eigenvalue weighted by Gasteiger charge is 2.16. The lowest BCUT2D eigenvalue weighted by molar-refractivity contribution is 0.109. The van der Waals surface area contributed by atoms with Crippen molar-refractivity contribution in [1.29, 1.82) is 0 Å². The molecular weight excluding hydrogens is 300 g/mol. The number of aldehydes is 2. The predicted molar refractivity (Wildman–Crippen MR) is 93.3 cm³/mol. The Balaban J connectivity index is 2.07. The second-order valence-electron chi connectivity index (χ2n) is 5.43. The van der Waals surface area contributed by atoms with Gasteiger partial charge in [0.1, 0.15) is 5.69 Å². The summed E-state index contributed by atoms with van der Waals surface area (Å²) in [7, 11) is 0. The number of pyridine rings is 2. The molecule has 0 aliphatic carbocycles. The molecule has 0 saturated carbocycles. The third kappa shape index (κ3) is 2.16. The summed E-state index contributed by atoms with van der Waals surface area (Å²) < 4.78 is 0. The van der Waals surface area contributed by atoms with E-state index in [9.17, 15) is 9.59 Å². The Bertz CT molecular complexity index is 1100. The molecule has 4 aromatic rings. The van der Waals surface area contributed by atoms with E-state index in [4.69, 9.17) is 0 Å². The highest BCUT2D eigenvalue weighted by atomic mass is 16.1. The van der Waals surface area contributed by atoms with E-state index in [1.165, 1.54) is 0 Å². The smallest absolute Gasteiger partial charge is 0.153 e. The molecule has 0 saturated heterocycles. The van der Waals surface area contributed by atoms with Gasteiger partial charge in [-0.1, -0.05) is 42.5 Å². The van der Waals surface area contributed by atoms with E-state index in [0.29, 0.717) is 40.4 Å². The molecular formula is C20H12N2O2. The van der Waals surface area contributed by atoms with Crippen LogP contribution in [0.15, 0.2) is 60.7 Å². The maximum absolute atomic E-state index is 11.7. The number of nitrogens with zero attached hydrogens (tertiary/aromatic N) is 2. The summed E-state index contributed by atoms with van der Waals surface area (Å²) in [6, 6.07) is 18.8. The van der Waals surface area contributed by atoms with Gasteiger partial charge in [-0.3, -0.25) is 9.59 Å². The van der Waals surface area contributed by atoms with Gasteiger partial charge in [-0.05, 0) is 18.2 Å². The second-order valence-corrected chi connectivity index (χ2v) is 5.43. The molecule has 0 fully saturated rings. The van der Waals surface area contributed by atoms with Crippen molar-refractivity contribution in [3.8, 4) is 11.4 Å². The van der Waals surface area contributed by atoms with E-state index < -0.39 is 0 Å². The van der Waals surface area contributed by atoms with Gasteiger partial charge in [-0.2, -0.15) is 0 Å². The molecule has 114 valence electrons. The van der Waals surface area contributed by atoms with Crippen LogP contribution in [-0.2, 0) is 0 Å². The van der Waals surface area contributed by atoms with Crippen molar-refractivity contribution in [1.82, 2.24) is 9.97 Å². The number of hydrogen-bond acceptors (Lipinski definition) is 4. The molecule has 2 aromatic carbocycles. The third-order valence-corrected chi connectivity index (χ3v) is 4.05. The summed E-state index contributed by atoms with van der Waals surface area (Å²) in [5.41, 5.74) is 3.10. The SMILES string of the molecule is O=Cc1c(-c2ccc3ccccc3n2)nc2ccccc2c1C=O. The zero-order valence-corrected chi connectivity index (χ0v) is 12.6. The maximum Gasteiger partial charge on any atom is 0.153 e. The molecule has 24 heavy (non-hydrogen) atoms. The van der Waals surface area contributed by atoms with Crippen LogP contribution in [0.1, 0.15) is 20.7 Å². The van der Waals surface area contributed by atoms with Crippen LogP contribution in [0.5, 0.6) is 0 Å². The van der Waals surface area contributed by atoms with Crippen molar-refractivity contribution in [2.45, 2.75) is 0 Å². The topological polar surface area (TPSA) is 59.9 Å². The van der Waals surface area contributed by atoms with Crippen LogP contribution in [-0.4, -0.2) is 22.5 Å². The van der Waals surface area contributed by atoms with E-state index in [-0.39, 0.29) is 5.56 Å². The Kier molecular flexibility index (Phi) is 3.35. The lowest BCUT2D eigenvalue weighted by Gasteiger charge is -2.10. The highest BCUT2D eigenvalue weighted by molar-refractivity contribution is 6.07. The van der Waals surface area contributed by atoms with Gasteiger partial charge in [-0.25, -0.2) is 9.97 Å². The van der Waals surface area contributed by atoms with Crippen LogP contribution in [0.4, 0.5) is 0 Å². The summed E-state index contributed by atoms with van der Waals surface area (Å²) in [6.45, 7) is 0. The van der Waals surface area contributed by atoms with Crippen molar-refractivity contribution in [2.75, 3.05) is 0 Å². The Morgan fingerprint density at radius 2 is 1.38 bits per heavy atom. The molecule has 0 radical (unpaired) electrons. The van der Waals surface area contributed by atoms with Crippen molar-refractivity contribution in [3.05, 3.63) is 71.8 Å². The number of fused-ring (bicyclic) bond motifs is 2. The molecule has 0 unspecified atom stereocenters. The number of hydrogen-bond donors (Lipinski definition) is 0. The van der Waals surface area contributed by atoms with E-state index in [1.54, 1.807) is 6.07 Å². The van der Waals surface area contributed by atoms with E-state index in [2.05, 4.69) is 9.97 Å². The molecule has 0 atom stereocenters. The average Bonchev–Trinajstić information content (AvgIpc) is 2.65. The van der Waals surface area contributed by atoms with Gasteiger partial charge in [0.05, 0.1) is 22.3 Å². The van der Waals surface area contributed by atoms with Crippen LogP contribution in [0, 0.1) is 0 Å². The lowest BCUT2D eigenvalue weighted by atomic mass is 10.00. The molecule has 2 aromatic heterocycles. The molecule has 0 aliphatic heterocycles. The van der Waals surface area contributed by atoms with Crippen molar-refractivity contribution >= 4 is 34.4 Å². The van der Waals surface area contributed by atoms with E-state index in [1.807, 2.05) is 54.6 Å². The summed E-state index contributed by atoms with van der Waals surface area (Å²) in [5, 5.41) is 1.67. The van der Waals surface area contributed by atoms with Gasteiger partial charge < -0.3 is 0 Å². The molecule has 0 spiro atoms. The summed E-state index contributed by atoms with van der Waals surface area (Å²) in [4.78, 5) is 32.4. The molecule has 4 nitrogen and oxygen atoms in total. The quantitative estimate of drug-likeness (QED) is 0.535. The van der Waals surface area contributed by atoms with Crippen molar-refractivity contribution in [3.63, 3.8) is 0 Å². The first-order valence-corrected chi connectivity index (χ1v) is 7.51. The monoisotopic (exact) mass is 312 g/mol. The van der Waals surface area contributed by atoms with Crippen LogP contribution in [0.2, 0.25) is 0 Å². The van der Waals surface area contributed by atoms with Crippen LogP contribution in [0.25, 0.3) is 33.2 Å². The summed E-state index contributed by atoms with van der Waals surface area (Å²) in [6.07, 6.45) is 1.38. The van der Waals surface area contributed by atoms with E-state index >= 15 is 0 Å². The molecule has 0 amide bonds. The van der Waals surface area contributed by atoms with Crippen LogP contribution >= 0.6 is 0 Å². The molecule has 4 heteroatoms. The largest absolute Gasteiger partial charge is 0.298 e. The minimum Gasteiger partial charge on any atom is -0.298 e. The minimum absolute atomic E-state index is 0.270. The average molecular weight is 312 g/mol. The van der Waals surface area contributed by atoms with Gasteiger partial charge in [0.15, 0.2) is 12.6 Å². The van der Waals surface area contributed by atoms with Gasteiger partial charge in [0, 0.05) is 16.3 Å². The fraction of sp³-hybridized carbons (Fsp3) is 0. The standard InChI is InChI=1S/C20H12N2O2/c23-11-15-14-6-2-4-8-18(14)22-20(16(15)12-24)19-10-9-13-5-1-3-7-17(13)21-19/h1-12H. The van der Waals surface area contributed by atoms with Crippen molar-refractivity contribution < 1.29 is 9.59 Å². The summed E-state index contributed by atoms with van der Waals surface area (Å²) >= 11 is 0. The predicted octanol–water partition coefficient (Wildman–Crippen LogP) is 4.08. The fourth-order valence-corrected chi connectivity index (χ4v) is 2.89. The number of carbonyl (C=O) groups is 2. The zero-order chi connectivity index (χ0) is 16.5. The van der Waals surface area contributed by atoms with Crippen LogP contribution in [0.3, 0.4) is 0 Å². The molecule has 0 bridgehead atoms. The maximum atomic E-state index is 11.7. The fourth-order valence-electron chi connectivity index (χ4n) is 2.89. The van der Waals surface area contributed by atoms with Gasteiger partial charge in [0.25, 0.3) is 0 Å². The number of para-hydroxylation sites is 2. The zero-order valence-electron chi connectivity index (χ0n) is 12.6. The lowest BCUT2D eigenvalue weighted by Crippen LogP contribution is -2.01. The normalized spacial score (nSPS) is 10.8. The minimum atomic E-state index is 0.270. The molecule has 4 rings (SSSR count). The number of rotatable bonds is 3. The van der Waals surface area contributed by atoms with Gasteiger partial charge in [0.2, 0.25) is 0 Å².